The van der Waals surface area contributed by atoms with E-state index in [2.05, 4.69) is 5.32 Å². The zero-order valence-electron chi connectivity index (χ0n) is 16.7. The molecule has 0 atom stereocenters. The number of hydrogen-bond donors (Lipinski definition) is 1. The number of esters is 1. The maximum atomic E-state index is 13.0. The Bertz CT molecular complexity index is 1160. The minimum atomic E-state index is -4.61. The van der Waals surface area contributed by atoms with Crippen LogP contribution < -0.4 is 5.32 Å². The lowest BCUT2D eigenvalue weighted by Crippen LogP contribution is -2.12. The maximum absolute atomic E-state index is 13.0. The predicted molar refractivity (Wildman–Crippen MR) is 120 cm³/mol. The summed E-state index contributed by atoms with van der Waals surface area (Å²) < 4.78 is 44.2. The monoisotopic (exact) mass is 479 g/mol. The van der Waals surface area contributed by atoms with Crippen LogP contribution in [0.1, 0.15) is 28.4 Å². The number of thiophene rings is 1. The number of amides is 1. The van der Waals surface area contributed by atoms with Crippen molar-refractivity contribution in [2.24, 2.45) is 0 Å². The fourth-order valence-electron chi connectivity index (χ4n) is 2.88. The molecule has 1 amide bonds. The fourth-order valence-corrected chi connectivity index (χ4v) is 4.06. The number of rotatable bonds is 6. The van der Waals surface area contributed by atoms with Gasteiger partial charge in [-0.1, -0.05) is 48.0 Å². The van der Waals surface area contributed by atoms with Crippen LogP contribution in [-0.4, -0.2) is 18.5 Å². The minimum Gasteiger partial charge on any atom is -0.462 e. The zero-order valence-corrected chi connectivity index (χ0v) is 18.3. The first-order chi connectivity index (χ1) is 15.2. The highest BCUT2D eigenvalue weighted by Gasteiger charge is 2.33. The average Bonchev–Trinajstić information content (AvgIpc) is 3.16. The van der Waals surface area contributed by atoms with Gasteiger partial charge in [0, 0.05) is 17.0 Å². The SMILES string of the molecule is CCOC(=O)c1c(-c2ccccc2)csc1NC(=O)/C=C/c1ccc(Cl)c(C(F)(F)F)c1. The Morgan fingerprint density at radius 3 is 2.53 bits per heavy atom. The van der Waals surface area contributed by atoms with Crippen molar-refractivity contribution < 1.29 is 27.5 Å². The van der Waals surface area contributed by atoms with E-state index in [1.807, 2.05) is 30.3 Å². The van der Waals surface area contributed by atoms with Crippen molar-refractivity contribution in [2.75, 3.05) is 11.9 Å². The van der Waals surface area contributed by atoms with Gasteiger partial charge in [-0.25, -0.2) is 4.79 Å². The van der Waals surface area contributed by atoms with Crippen molar-refractivity contribution in [3.8, 4) is 11.1 Å². The molecule has 1 heterocycles. The van der Waals surface area contributed by atoms with Crippen LogP contribution in [-0.2, 0) is 15.7 Å². The lowest BCUT2D eigenvalue weighted by atomic mass is 10.0. The third kappa shape index (κ3) is 5.57. The molecule has 3 rings (SSSR count). The van der Waals surface area contributed by atoms with Gasteiger partial charge in [-0.05, 0) is 36.3 Å². The Morgan fingerprint density at radius 2 is 1.88 bits per heavy atom. The summed E-state index contributed by atoms with van der Waals surface area (Å²) in [5.41, 5.74) is 0.774. The number of ether oxygens (including phenoxy) is 1. The molecule has 0 unspecified atom stereocenters. The Balaban J connectivity index is 1.85. The normalized spacial score (nSPS) is 11.5. The van der Waals surface area contributed by atoms with E-state index in [-0.39, 0.29) is 22.7 Å². The van der Waals surface area contributed by atoms with Crippen molar-refractivity contribution in [3.05, 3.63) is 81.7 Å². The molecule has 166 valence electrons. The minimum absolute atomic E-state index is 0.152. The van der Waals surface area contributed by atoms with Crippen LogP contribution in [0.4, 0.5) is 18.2 Å². The van der Waals surface area contributed by atoms with Crippen molar-refractivity contribution >= 4 is 45.9 Å². The van der Waals surface area contributed by atoms with Gasteiger partial charge in [-0.3, -0.25) is 4.79 Å². The Morgan fingerprint density at radius 1 is 1.16 bits per heavy atom. The molecule has 0 aliphatic heterocycles. The highest BCUT2D eigenvalue weighted by molar-refractivity contribution is 7.15. The lowest BCUT2D eigenvalue weighted by molar-refractivity contribution is -0.137. The van der Waals surface area contributed by atoms with E-state index in [4.69, 9.17) is 16.3 Å². The van der Waals surface area contributed by atoms with E-state index in [1.165, 1.54) is 12.1 Å². The van der Waals surface area contributed by atoms with E-state index < -0.39 is 28.6 Å². The average molecular weight is 480 g/mol. The number of carbonyl (C=O) groups excluding carboxylic acids is 2. The fraction of sp³-hybridized carbons (Fsp3) is 0.130. The van der Waals surface area contributed by atoms with Crippen molar-refractivity contribution in [1.29, 1.82) is 0 Å². The molecule has 2 aromatic carbocycles. The van der Waals surface area contributed by atoms with Gasteiger partial charge < -0.3 is 10.1 Å². The van der Waals surface area contributed by atoms with Crippen LogP contribution in [0.25, 0.3) is 17.2 Å². The van der Waals surface area contributed by atoms with Crippen molar-refractivity contribution in [3.63, 3.8) is 0 Å². The van der Waals surface area contributed by atoms with Crippen LogP contribution in [0.15, 0.2) is 60.0 Å². The third-order valence-electron chi connectivity index (χ3n) is 4.32. The second-order valence-corrected chi connectivity index (χ2v) is 7.79. The van der Waals surface area contributed by atoms with Gasteiger partial charge in [0.2, 0.25) is 5.91 Å². The summed E-state index contributed by atoms with van der Waals surface area (Å²) in [6.45, 7) is 1.84. The molecule has 0 bridgehead atoms. The van der Waals surface area contributed by atoms with E-state index in [9.17, 15) is 22.8 Å². The number of halogens is 4. The molecule has 9 heteroatoms. The number of alkyl halides is 3. The van der Waals surface area contributed by atoms with Crippen molar-refractivity contribution in [2.45, 2.75) is 13.1 Å². The molecular formula is C23H17ClF3NO3S. The molecule has 0 saturated heterocycles. The molecule has 0 spiro atoms. The number of anilines is 1. The first-order valence-corrected chi connectivity index (χ1v) is 10.7. The van der Waals surface area contributed by atoms with Gasteiger partial charge in [-0.2, -0.15) is 13.2 Å². The summed E-state index contributed by atoms with van der Waals surface area (Å²) in [4.78, 5) is 25.0. The van der Waals surface area contributed by atoms with E-state index in [0.29, 0.717) is 5.56 Å². The van der Waals surface area contributed by atoms with E-state index in [0.717, 1.165) is 35.1 Å². The number of nitrogens with one attached hydrogen (secondary N) is 1. The maximum Gasteiger partial charge on any atom is 0.417 e. The van der Waals surface area contributed by atoms with E-state index >= 15 is 0 Å². The quantitative estimate of drug-likeness (QED) is 0.308. The van der Waals surface area contributed by atoms with Gasteiger partial charge >= 0.3 is 12.1 Å². The second kappa shape index (κ2) is 10.0. The second-order valence-electron chi connectivity index (χ2n) is 6.50. The summed E-state index contributed by atoms with van der Waals surface area (Å²) in [6, 6.07) is 12.5. The highest BCUT2D eigenvalue weighted by Crippen LogP contribution is 2.37. The highest BCUT2D eigenvalue weighted by atomic mass is 35.5. The summed E-state index contributed by atoms with van der Waals surface area (Å²) in [5, 5.41) is 4.20. The third-order valence-corrected chi connectivity index (χ3v) is 5.54. The molecule has 0 radical (unpaired) electrons. The van der Waals surface area contributed by atoms with Gasteiger partial charge in [-0.15, -0.1) is 11.3 Å². The zero-order chi connectivity index (χ0) is 23.3. The number of benzene rings is 2. The number of carbonyl (C=O) groups is 2. The van der Waals surface area contributed by atoms with E-state index in [1.54, 1.807) is 12.3 Å². The molecular weight excluding hydrogens is 463 g/mol. The Kier molecular flexibility index (Phi) is 7.37. The molecule has 1 aromatic heterocycles. The molecule has 4 nitrogen and oxygen atoms in total. The van der Waals surface area contributed by atoms with Gasteiger partial charge in [0.1, 0.15) is 10.6 Å². The number of hydrogen-bond acceptors (Lipinski definition) is 4. The molecule has 1 N–H and O–H groups in total. The smallest absolute Gasteiger partial charge is 0.417 e. The topological polar surface area (TPSA) is 55.4 Å². The van der Waals surface area contributed by atoms with Crippen LogP contribution in [0.2, 0.25) is 5.02 Å². The Hall–Kier alpha value is -3.10. The molecule has 32 heavy (non-hydrogen) atoms. The lowest BCUT2D eigenvalue weighted by Gasteiger charge is -2.09. The summed E-state index contributed by atoms with van der Waals surface area (Å²) >= 11 is 6.76. The van der Waals surface area contributed by atoms with Gasteiger partial charge in [0.15, 0.2) is 0 Å². The van der Waals surface area contributed by atoms with Gasteiger partial charge in [0.25, 0.3) is 0 Å². The summed E-state index contributed by atoms with van der Waals surface area (Å²) in [5.74, 6) is -1.19. The predicted octanol–water partition coefficient (Wildman–Crippen LogP) is 6.92. The molecule has 0 aliphatic carbocycles. The van der Waals surface area contributed by atoms with Crippen molar-refractivity contribution in [1.82, 2.24) is 0 Å². The van der Waals surface area contributed by atoms with Crippen LogP contribution >= 0.6 is 22.9 Å². The van der Waals surface area contributed by atoms with Crippen LogP contribution in [0, 0.1) is 0 Å². The molecule has 0 saturated carbocycles. The Labute approximate surface area is 191 Å². The van der Waals surface area contributed by atoms with Crippen LogP contribution in [0.5, 0.6) is 0 Å². The standard InChI is InChI=1S/C23H17ClF3NO3S/c1-2-31-22(30)20-16(15-6-4-3-5-7-15)13-32-21(20)28-19(29)11-9-14-8-10-18(24)17(12-14)23(25,26)27/h3-13H,2H2,1H3,(H,28,29)/b11-9+. The molecule has 3 aromatic rings. The van der Waals surface area contributed by atoms with Crippen LogP contribution in [0.3, 0.4) is 0 Å². The summed E-state index contributed by atoms with van der Waals surface area (Å²) in [6.07, 6.45) is -2.29. The molecule has 0 fully saturated rings. The molecule has 0 aliphatic rings. The summed E-state index contributed by atoms with van der Waals surface area (Å²) in [7, 11) is 0. The largest absolute Gasteiger partial charge is 0.462 e. The van der Waals surface area contributed by atoms with Gasteiger partial charge in [0.05, 0.1) is 17.2 Å². The first-order valence-electron chi connectivity index (χ1n) is 9.40. The first kappa shape index (κ1) is 23.6.